The first-order valence-corrected chi connectivity index (χ1v) is 8.68. The van der Waals surface area contributed by atoms with Crippen molar-refractivity contribution in [2.75, 3.05) is 31.7 Å². The highest BCUT2D eigenvalue weighted by atomic mass is 16.5. The zero-order valence-electron chi connectivity index (χ0n) is 14.9. The number of anilines is 1. The molecule has 25 heavy (non-hydrogen) atoms. The molecule has 0 N–H and O–H groups in total. The molecule has 0 radical (unpaired) electrons. The Kier molecular flexibility index (Phi) is 4.13. The van der Waals surface area contributed by atoms with Crippen LogP contribution in [-0.4, -0.2) is 46.6 Å². The number of aryl methyl sites for hydroxylation is 1. The molecular formula is C19H23N5O. The summed E-state index contributed by atoms with van der Waals surface area (Å²) in [5, 5.41) is 10.0. The fourth-order valence-electron chi connectivity index (χ4n) is 3.59. The van der Waals surface area contributed by atoms with Crippen LogP contribution in [0, 0.1) is 12.8 Å². The number of nitrogens with zero attached hydrogens (tertiary/aromatic N) is 5. The molecule has 4 rings (SSSR count). The van der Waals surface area contributed by atoms with Gasteiger partial charge < -0.3 is 9.64 Å². The quantitative estimate of drug-likeness (QED) is 0.733. The first-order valence-electron chi connectivity index (χ1n) is 8.68. The lowest BCUT2D eigenvalue weighted by Gasteiger charge is -2.21. The van der Waals surface area contributed by atoms with E-state index in [1.165, 1.54) is 5.56 Å². The van der Waals surface area contributed by atoms with Crippen LogP contribution in [0.1, 0.15) is 12.0 Å². The third-order valence-corrected chi connectivity index (χ3v) is 4.96. The summed E-state index contributed by atoms with van der Waals surface area (Å²) in [7, 11) is 4.09. The summed E-state index contributed by atoms with van der Waals surface area (Å²) in [6, 6.07) is 8.27. The molecule has 0 spiro atoms. The lowest BCUT2D eigenvalue weighted by Crippen LogP contribution is -2.27. The van der Waals surface area contributed by atoms with Crippen LogP contribution in [0.15, 0.2) is 30.5 Å². The van der Waals surface area contributed by atoms with E-state index in [2.05, 4.69) is 56.8 Å². The third-order valence-electron chi connectivity index (χ3n) is 4.96. The number of rotatable bonds is 4. The smallest absolute Gasteiger partial charge is 0.226 e. The highest BCUT2D eigenvalue weighted by Crippen LogP contribution is 2.30. The van der Waals surface area contributed by atoms with Crippen LogP contribution < -0.4 is 4.90 Å². The maximum atomic E-state index is 5.48. The van der Waals surface area contributed by atoms with Crippen LogP contribution in [0.25, 0.3) is 22.3 Å². The molecule has 6 nitrogen and oxygen atoms in total. The van der Waals surface area contributed by atoms with E-state index in [1.54, 1.807) is 0 Å². The van der Waals surface area contributed by atoms with Crippen molar-refractivity contribution in [2.24, 2.45) is 13.0 Å². The molecule has 3 aromatic rings. The highest BCUT2D eigenvalue weighted by Gasteiger charge is 2.21. The largest absolute Gasteiger partial charge is 0.381 e. The highest BCUT2D eigenvalue weighted by molar-refractivity contribution is 5.94. The average Bonchev–Trinajstić information content (AvgIpc) is 3.25. The van der Waals surface area contributed by atoms with Crippen molar-refractivity contribution >= 4 is 16.9 Å². The van der Waals surface area contributed by atoms with E-state index in [0.29, 0.717) is 5.92 Å². The maximum absolute atomic E-state index is 5.48. The summed E-state index contributed by atoms with van der Waals surface area (Å²) in [4.78, 5) is 6.70. The number of benzene rings is 1. The minimum absolute atomic E-state index is 0.564. The van der Waals surface area contributed by atoms with E-state index in [9.17, 15) is 0 Å². The van der Waals surface area contributed by atoms with Crippen molar-refractivity contribution in [3.63, 3.8) is 0 Å². The molecule has 1 unspecified atom stereocenters. The predicted molar refractivity (Wildman–Crippen MR) is 98.7 cm³/mol. The third kappa shape index (κ3) is 2.87. The Morgan fingerprint density at radius 1 is 1.28 bits per heavy atom. The molecule has 6 heteroatoms. The zero-order valence-corrected chi connectivity index (χ0v) is 14.9. The van der Waals surface area contributed by atoms with Gasteiger partial charge in [0.15, 0.2) is 5.82 Å². The Morgan fingerprint density at radius 3 is 2.96 bits per heavy atom. The van der Waals surface area contributed by atoms with Crippen LogP contribution in [0.2, 0.25) is 0 Å². The van der Waals surface area contributed by atoms with Gasteiger partial charge in [0.2, 0.25) is 5.95 Å². The standard InChI is InChI=1S/C19H23N5O/c1-13-6-7-16(15-5-4-9-20-17(13)15)18-21-22-19(24(18)3)23(2)11-14-8-10-25-12-14/h4-7,9,14H,8,10-12H2,1-3H3. The first kappa shape index (κ1) is 16.0. The second-order valence-electron chi connectivity index (χ2n) is 6.82. The second-order valence-corrected chi connectivity index (χ2v) is 6.82. The molecule has 1 aromatic carbocycles. The maximum Gasteiger partial charge on any atom is 0.226 e. The van der Waals surface area contributed by atoms with Gasteiger partial charge in [-0.1, -0.05) is 18.2 Å². The summed E-state index contributed by atoms with van der Waals surface area (Å²) in [5.74, 6) is 2.30. The minimum Gasteiger partial charge on any atom is -0.381 e. The molecule has 0 saturated carbocycles. The molecule has 0 aliphatic carbocycles. The lowest BCUT2D eigenvalue weighted by molar-refractivity contribution is 0.186. The monoisotopic (exact) mass is 337 g/mol. The van der Waals surface area contributed by atoms with Crippen LogP contribution in [0.5, 0.6) is 0 Å². The molecule has 1 aliphatic rings. The Hall–Kier alpha value is -2.47. The van der Waals surface area contributed by atoms with E-state index in [0.717, 1.165) is 54.4 Å². The van der Waals surface area contributed by atoms with Crippen molar-refractivity contribution in [2.45, 2.75) is 13.3 Å². The fourth-order valence-corrected chi connectivity index (χ4v) is 3.59. The van der Waals surface area contributed by atoms with Gasteiger partial charge in [-0.2, -0.15) is 0 Å². The van der Waals surface area contributed by atoms with E-state index in [4.69, 9.17) is 4.74 Å². The minimum atomic E-state index is 0.564. The fraction of sp³-hybridized carbons (Fsp3) is 0.421. The second kappa shape index (κ2) is 6.44. The first-order chi connectivity index (χ1) is 12.1. The predicted octanol–water partition coefficient (Wildman–Crippen LogP) is 2.81. The lowest BCUT2D eigenvalue weighted by atomic mass is 10.0. The number of fused-ring (bicyclic) bond motifs is 1. The van der Waals surface area contributed by atoms with Crippen molar-refractivity contribution in [1.29, 1.82) is 0 Å². The number of hydrogen-bond donors (Lipinski definition) is 0. The summed E-state index contributed by atoms with van der Waals surface area (Å²) >= 11 is 0. The van der Waals surface area contributed by atoms with Crippen LogP contribution in [0.4, 0.5) is 5.95 Å². The van der Waals surface area contributed by atoms with E-state index in [-0.39, 0.29) is 0 Å². The molecule has 1 atom stereocenters. The number of aromatic nitrogens is 4. The Bertz CT molecular complexity index is 898. The van der Waals surface area contributed by atoms with Gasteiger partial charge >= 0.3 is 0 Å². The molecule has 130 valence electrons. The SMILES string of the molecule is Cc1ccc(-c2nnc(N(C)CC3CCOC3)n2C)c2cccnc12. The van der Waals surface area contributed by atoms with Gasteiger partial charge in [0, 0.05) is 50.3 Å². The van der Waals surface area contributed by atoms with Gasteiger partial charge in [-0.3, -0.25) is 9.55 Å². The van der Waals surface area contributed by atoms with Gasteiger partial charge in [0.25, 0.3) is 0 Å². The Labute approximate surface area is 147 Å². The average molecular weight is 337 g/mol. The zero-order chi connectivity index (χ0) is 17.4. The van der Waals surface area contributed by atoms with Gasteiger partial charge in [-0.15, -0.1) is 10.2 Å². The van der Waals surface area contributed by atoms with Gasteiger partial charge in [0.1, 0.15) is 0 Å². The van der Waals surface area contributed by atoms with Crippen LogP contribution in [0.3, 0.4) is 0 Å². The molecule has 1 fully saturated rings. The number of ether oxygens (including phenoxy) is 1. The summed E-state index contributed by atoms with van der Waals surface area (Å²) in [6.07, 6.45) is 2.95. The van der Waals surface area contributed by atoms with Gasteiger partial charge in [-0.25, -0.2) is 0 Å². The normalized spacial score (nSPS) is 17.3. The van der Waals surface area contributed by atoms with E-state index >= 15 is 0 Å². The molecular weight excluding hydrogens is 314 g/mol. The van der Waals surface area contributed by atoms with Crippen molar-refractivity contribution < 1.29 is 4.74 Å². The van der Waals surface area contributed by atoms with Crippen molar-refractivity contribution in [3.05, 3.63) is 36.0 Å². The van der Waals surface area contributed by atoms with Gasteiger partial charge in [-0.05, 0) is 25.0 Å². The van der Waals surface area contributed by atoms with Gasteiger partial charge in [0.05, 0.1) is 12.1 Å². The van der Waals surface area contributed by atoms with E-state index < -0.39 is 0 Å². The number of pyridine rings is 1. The number of hydrogen-bond acceptors (Lipinski definition) is 5. The Morgan fingerprint density at radius 2 is 2.16 bits per heavy atom. The molecule has 3 heterocycles. The van der Waals surface area contributed by atoms with Crippen molar-refractivity contribution in [3.8, 4) is 11.4 Å². The molecule has 2 aromatic heterocycles. The summed E-state index contributed by atoms with van der Waals surface area (Å²) in [5.41, 5.74) is 3.24. The molecule has 1 aliphatic heterocycles. The Balaban J connectivity index is 1.71. The van der Waals surface area contributed by atoms with Crippen LogP contribution in [-0.2, 0) is 11.8 Å². The molecule has 0 amide bonds. The van der Waals surface area contributed by atoms with Crippen molar-refractivity contribution in [1.82, 2.24) is 19.7 Å². The summed E-state index contributed by atoms with van der Waals surface area (Å²) in [6.45, 7) is 4.72. The molecule has 1 saturated heterocycles. The van der Waals surface area contributed by atoms with E-state index in [1.807, 2.05) is 19.3 Å². The topological polar surface area (TPSA) is 56.1 Å². The molecule has 0 bridgehead atoms. The van der Waals surface area contributed by atoms with Crippen LogP contribution >= 0.6 is 0 Å². The summed E-state index contributed by atoms with van der Waals surface area (Å²) < 4.78 is 7.54.